The Kier molecular flexibility index (Phi) is 5.76. The minimum atomic E-state index is -0.150. The molecule has 1 heterocycles. The van der Waals surface area contributed by atoms with Crippen molar-refractivity contribution in [3.8, 4) is 0 Å². The minimum Gasteiger partial charge on any atom is -0.370 e. The summed E-state index contributed by atoms with van der Waals surface area (Å²) in [4.78, 5) is 16.5. The van der Waals surface area contributed by atoms with Gasteiger partial charge in [-0.2, -0.15) is 0 Å². The lowest BCUT2D eigenvalue weighted by Crippen LogP contribution is -2.24. The lowest BCUT2D eigenvalue weighted by atomic mass is 10.2. The molecule has 0 aliphatic carbocycles. The fourth-order valence-corrected chi connectivity index (χ4v) is 2.40. The van der Waals surface area contributed by atoms with Crippen LogP contribution in [0.25, 0.3) is 0 Å². The van der Waals surface area contributed by atoms with Gasteiger partial charge in [0.05, 0.1) is 5.56 Å². The molecular formula is C15H15Br2N3O. The molecule has 1 aromatic heterocycles. The molecule has 0 radical (unpaired) electrons. The highest BCUT2D eigenvalue weighted by molar-refractivity contribution is 9.10. The Hall–Kier alpha value is -1.40. The summed E-state index contributed by atoms with van der Waals surface area (Å²) in [6.07, 6.45) is 1.67. The van der Waals surface area contributed by atoms with Crippen molar-refractivity contribution < 1.29 is 4.79 Å². The first-order chi connectivity index (χ1) is 10.1. The van der Waals surface area contributed by atoms with Crippen LogP contribution in [0.2, 0.25) is 0 Å². The van der Waals surface area contributed by atoms with E-state index in [9.17, 15) is 4.79 Å². The molecular weight excluding hydrogens is 398 g/mol. The molecule has 1 aromatic carbocycles. The van der Waals surface area contributed by atoms with Crippen molar-refractivity contribution in [2.75, 3.05) is 11.9 Å². The first kappa shape index (κ1) is 16.0. The molecule has 0 fully saturated rings. The number of amides is 1. The van der Waals surface area contributed by atoms with Crippen molar-refractivity contribution in [1.82, 2.24) is 10.3 Å². The summed E-state index contributed by atoms with van der Waals surface area (Å²) in [6, 6.07) is 9.60. The number of nitrogens with zero attached hydrogens (tertiary/aromatic N) is 1. The Morgan fingerprint density at radius 3 is 2.57 bits per heavy atom. The van der Waals surface area contributed by atoms with E-state index in [0.717, 1.165) is 14.5 Å². The smallest absolute Gasteiger partial charge is 0.255 e. The van der Waals surface area contributed by atoms with Crippen LogP contribution < -0.4 is 10.6 Å². The van der Waals surface area contributed by atoms with Crippen LogP contribution in [-0.4, -0.2) is 17.4 Å². The van der Waals surface area contributed by atoms with Gasteiger partial charge < -0.3 is 10.6 Å². The molecule has 0 saturated heterocycles. The van der Waals surface area contributed by atoms with E-state index >= 15 is 0 Å². The summed E-state index contributed by atoms with van der Waals surface area (Å²) < 4.78 is 1.79. The molecule has 0 aliphatic heterocycles. The third kappa shape index (κ3) is 4.54. The Bertz CT molecular complexity index is 629. The fourth-order valence-electron chi connectivity index (χ4n) is 1.80. The molecule has 4 nitrogen and oxygen atoms in total. The second-order valence-corrected chi connectivity index (χ2v) is 6.22. The van der Waals surface area contributed by atoms with Crippen molar-refractivity contribution in [2.45, 2.75) is 13.5 Å². The van der Waals surface area contributed by atoms with Gasteiger partial charge in [0.1, 0.15) is 5.82 Å². The van der Waals surface area contributed by atoms with Gasteiger partial charge in [-0.25, -0.2) is 4.98 Å². The number of anilines is 1. The Labute approximate surface area is 140 Å². The topological polar surface area (TPSA) is 54.0 Å². The van der Waals surface area contributed by atoms with E-state index in [4.69, 9.17) is 0 Å². The van der Waals surface area contributed by atoms with Crippen molar-refractivity contribution in [2.24, 2.45) is 0 Å². The number of benzene rings is 1. The van der Waals surface area contributed by atoms with Gasteiger partial charge in [0.25, 0.3) is 5.91 Å². The van der Waals surface area contributed by atoms with Crippen LogP contribution in [0.15, 0.2) is 45.5 Å². The van der Waals surface area contributed by atoms with Crippen LogP contribution in [-0.2, 0) is 6.54 Å². The molecule has 0 unspecified atom stereocenters. The molecule has 2 N–H and O–H groups in total. The number of aromatic nitrogens is 1. The number of hydrogen-bond acceptors (Lipinski definition) is 3. The zero-order valence-corrected chi connectivity index (χ0v) is 14.7. The zero-order valence-electron chi connectivity index (χ0n) is 11.5. The molecule has 6 heteroatoms. The fraction of sp³-hybridized carbons (Fsp3) is 0.200. The summed E-state index contributed by atoms with van der Waals surface area (Å²) in [6.45, 7) is 3.15. The summed E-state index contributed by atoms with van der Waals surface area (Å²) in [5.41, 5.74) is 1.57. The maximum absolute atomic E-state index is 12.3. The maximum Gasteiger partial charge on any atom is 0.255 e. The number of pyridine rings is 1. The normalized spacial score (nSPS) is 10.2. The third-order valence-corrected chi connectivity index (χ3v) is 3.77. The minimum absolute atomic E-state index is 0.150. The number of nitrogens with one attached hydrogen (secondary N) is 2. The van der Waals surface area contributed by atoms with E-state index in [0.29, 0.717) is 24.5 Å². The quantitative estimate of drug-likeness (QED) is 0.781. The van der Waals surface area contributed by atoms with Crippen LogP contribution >= 0.6 is 31.9 Å². The molecule has 0 saturated carbocycles. The van der Waals surface area contributed by atoms with Gasteiger partial charge in [-0.15, -0.1) is 0 Å². The number of rotatable bonds is 5. The average Bonchev–Trinajstić information content (AvgIpc) is 2.48. The number of carbonyl (C=O) groups excluding carboxylic acids is 1. The maximum atomic E-state index is 12.3. The number of halogens is 2. The van der Waals surface area contributed by atoms with E-state index in [1.54, 1.807) is 12.3 Å². The molecule has 2 rings (SSSR count). The van der Waals surface area contributed by atoms with Crippen LogP contribution in [0.3, 0.4) is 0 Å². The highest BCUT2D eigenvalue weighted by atomic mass is 79.9. The second-order valence-electron chi connectivity index (χ2n) is 4.39. The van der Waals surface area contributed by atoms with Gasteiger partial charge >= 0.3 is 0 Å². The molecule has 0 bridgehead atoms. The second kappa shape index (κ2) is 7.56. The molecule has 21 heavy (non-hydrogen) atoms. The van der Waals surface area contributed by atoms with Crippen LogP contribution in [0.4, 0.5) is 5.82 Å². The average molecular weight is 413 g/mol. The molecule has 0 aliphatic rings. The Morgan fingerprint density at radius 1 is 1.19 bits per heavy atom. The summed E-state index contributed by atoms with van der Waals surface area (Å²) in [5, 5.41) is 6.00. The van der Waals surface area contributed by atoms with Crippen molar-refractivity contribution in [3.63, 3.8) is 0 Å². The summed E-state index contributed by atoms with van der Waals surface area (Å²) >= 11 is 6.73. The van der Waals surface area contributed by atoms with E-state index in [1.165, 1.54) is 0 Å². The highest BCUT2D eigenvalue weighted by Gasteiger charge is 2.12. The van der Waals surface area contributed by atoms with Crippen LogP contribution in [0.5, 0.6) is 0 Å². The predicted molar refractivity (Wildman–Crippen MR) is 91.4 cm³/mol. The lowest BCUT2D eigenvalue weighted by molar-refractivity contribution is 0.0951. The summed E-state index contributed by atoms with van der Waals surface area (Å²) in [7, 11) is 0. The van der Waals surface area contributed by atoms with E-state index < -0.39 is 0 Å². The Balaban J connectivity index is 2.09. The standard InChI is InChI=1S/C15H15Br2N3O/c1-2-18-14-13(7-12(17)9-19-14)15(21)20-8-10-3-5-11(16)6-4-10/h3-7,9H,2,8H2,1H3,(H,18,19)(H,20,21). The molecule has 0 spiro atoms. The third-order valence-electron chi connectivity index (χ3n) is 2.81. The zero-order chi connectivity index (χ0) is 15.2. The first-order valence-corrected chi connectivity index (χ1v) is 8.11. The van der Waals surface area contributed by atoms with E-state index in [2.05, 4.69) is 47.5 Å². The van der Waals surface area contributed by atoms with E-state index in [-0.39, 0.29) is 5.91 Å². The number of hydrogen-bond donors (Lipinski definition) is 2. The molecule has 2 aromatic rings. The SMILES string of the molecule is CCNc1ncc(Br)cc1C(=O)NCc1ccc(Br)cc1. The van der Waals surface area contributed by atoms with Gasteiger partial charge in [0.2, 0.25) is 0 Å². The van der Waals surface area contributed by atoms with Gasteiger partial charge in [-0.05, 0) is 46.6 Å². The van der Waals surface area contributed by atoms with Crippen molar-refractivity contribution in [3.05, 3.63) is 56.6 Å². The van der Waals surface area contributed by atoms with E-state index in [1.807, 2.05) is 31.2 Å². The van der Waals surface area contributed by atoms with Gasteiger partial charge in [0, 0.05) is 28.2 Å². The van der Waals surface area contributed by atoms with Crippen LogP contribution in [0.1, 0.15) is 22.8 Å². The Morgan fingerprint density at radius 2 is 1.90 bits per heavy atom. The predicted octanol–water partition coefficient (Wildman–Crippen LogP) is 3.97. The first-order valence-electron chi connectivity index (χ1n) is 6.52. The molecule has 110 valence electrons. The highest BCUT2D eigenvalue weighted by Crippen LogP contribution is 2.18. The largest absolute Gasteiger partial charge is 0.370 e. The van der Waals surface area contributed by atoms with Gasteiger partial charge in [-0.1, -0.05) is 28.1 Å². The summed E-state index contributed by atoms with van der Waals surface area (Å²) in [5.74, 6) is 0.441. The van der Waals surface area contributed by atoms with Gasteiger partial charge in [-0.3, -0.25) is 4.79 Å². The van der Waals surface area contributed by atoms with Gasteiger partial charge in [0.15, 0.2) is 0 Å². The number of carbonyl (C=O) groups is 1. The van der Waals surface area contributed by atoms with Crippen molar-refractivity contribution >= 4 is 43.6 Å². The van der Waals surface area contributed by atoms with Crippen molar-refractivity contribution in [1.29, 1.82) is 0 Å². The lowest BCUT2D eigenvalue weighted by Gasteiger charge is -2.11. The molecule has 0 atom stereocenters. The van der Waals surface area contributed by atoms with Crippen LogP contribution in [0, 0.1) is 0 Å². The molecule has 1 amide bonds. The monoisotopic (exact) mass is 411 g/mol.